The molecule has 14 heavy (non-hydrogen) atoms. The van der Waals surface area contributed by atoms with E-state index in [9.17, 15) is 23.8 Å². The standard InChI is InChI=1S/CH7O9P3S/c1-8-13(7,14)10-12(5,6)9-11(2,3)4/h1H3,(H,5,6)(H,7,14)(H2,2,3,4)/p-3. The number of phosphoric acid groups is 2. The lowest BCUT2D eigenvalue weighted by Gasteiger charge is -2.34. The van der Waals surface area contributed by atoms with Gasteiger partial charge in [0.1, 0.15) is 6.72 Å². The Hall–Kier alpha value is 0.830. The molecule has 0 rings (SSSR count). The Balaban J connectivity index is 4.60. The van der Waals surface area contributed by atoms with Crippen LogP contribution >= 0.6 is 22.4 Å². The molecular formula is CH4O9P3S-3. The van der Waals surface area contributed by atoms with E-state index in [2.05, 4.69) is 25.0 Å². The molecule has 0 aromatic heterocycles. The minimum atomic E-state index is -5.56. The van der Waals surface area contributed by atoms with Crippen molar-refractivity contribution >= 4 is 34.2 Å². The highest BCUT2D eigenvalue weighted by atomic mass is 32.5. The maximum atomic E-state index is 10.7. The van der Waals surface area contributed by atoms with Crippen LogP contribution in [0.4, 0.5) is 0 Å². The summed E-state index contributed by atoms with van der Waals surface area (Å²) in [7, 11) is -10.3. The van der Waals surface area contributed by atoms with Gasteiger partial charge in [-0.2, -0.15) is 0 Å². The molecule has 3 atom stereocenters. The molecule has 1 N–H and O–H groups in total. The third-order valence-electron chi connectivity index (χ3n) is 0.627. The molecule has 0 aliphatic heterocycles. The molecule has 0 radical (unpaired) electrons. The predicted octanol–water partition coefficient (Wildman–Crippen LogP) is -1.82. The van der Waals surface area contributed by atoms with Gasteiger partial charge in [-0.25, -0.2) is 4.31 Å². The lowest BCUT2D eigenvalue weighted by Crippen LogP contribution is -2.14. The monoisotopic (exact) mass is 285 g/mol. The van der Waals surface area contributed by atoms with E-state index in [1.807, 2.05) is 0 Å². The average Bonchev–Trinajstić information content (AvgIpc) is 1.78. The minimum Gasteiger partial charge on any atom is -0.779 e. The van der Waals surface area contributed by atoms with Crippen molar-refractivity contribution in [3.63, 3.8) is 0 Å². The lowest BCUT2D eigenvalue weighted by atomic mass is 11.8. The van der Waals surface area contributed by atoms with E-state index >= 15 is 0 Å². The highest BCUT2D eigenvalue weighted by Crippen LogP contribution is 2.61. The quantitative estimate of drug-likeness (QED) is 0.571. The van der Waals surface area contributed by atoms with Gasteiger partial charge in [-0.3, -0.25) is 13.4 Å². The first-order valence-corrected chi connectivity index (χ1v) is 8.13. The number of hydrogen-bond acceptors (Lipinski definition) is 9. The Kier molecular flexibility index (Phi) is 5.06. The smallest absolute Gasteiger partial charge is 0.279 e. The van der Waals surface area contributed by atoms with Gasteiger partial charge in [0.2, 0.25) is 0 Å². The zero-order valence-corrected chi connectivity index (χ0v) is 9.96. The van der Waals surface area contributed by atoms with E-state index in [4.69, 9.17) is 4.89 Å². The molecule has 0 saturated heterocycles. The highest BCUT2D eigenvalue weighted by Gasteiger charge is 2.20. The summed E-state index contributed by atoms with van der Waals surface area (Å²) < 4.78 is 31.1. The topological polar surface area (TPSA) is 151 Å². The Morgan fingerprint density at radius 3 is 1.93 bits per heavy atom. The van der Waals surface area contributed by atoms with Gasteiger partial charge in [-0.05, 0) is 0 Å². The van der Waals surface area contributed by atoms with Gasteiger partial charge in [-0.15, -0.1) is 0 Å². The Labute approximate surface area is 83.7 Å². The van der Waals surface area contributed by atoms with Crippen LogP contribution in [0.25, 0.3) is 0 Å². The first kappa shape index (κ1) is 14.8. The molecule has 86 valence electrons. The number of hydrogen-bond donors (Lipinski definition) is 1. The molecule has 0 aromatic carbocycles. The summed E-state index contributed by atoms with van der Waals surface area (Å²) in [5.74, 6) is 0. The van der Waals surface area contributed by atoms with Crippen molar-refractivity contribution in [1.29, 1.82) is 0 Å². The van der Waals surface area contributed by atoms with Crippen LogP contribution in [-0.2, 0) is 34.1 Å². The van der Waals surface area contributed by atoms with Crippen LogP contribution in [0, 0.1) is 0 Å². The van der Waals surface area contributed by atoms with Gasteiger partial charge in [0, 0.05) is 7.11 Å². The van der Waals surface area contributed by atoms with Crippen molar-refractivity contribution < 1.29 is 41.8 Å². The van der Waals surface area contributed by atoms with E-state index in [0.29, 0.717) is 0 Å². The zero-order chi connectivity index (χ0) is 11.6. The van der Waals surface area contributed by atoms with Crippen molar-refractivity contribution in [2.75, 3.05) is 7.11 Å². The second-order valence-electron chi connectivity index (χ2n) is 1.71. The van der Waals surface area contributed by atoms with Crippen LogP contribution in [0.1, 0.15) is 0 Å². The SMILES string of the molecule is COP([O-])(=S)OP(=O)([O-])OP(=O)([O-])O. The third-order valence-corrected chi connectivity index (χ3v) is 5.35. The van der Waals surface area contributed by atoms with E-state index in [-0.39, 0.29) is 0 Å². The molecule has 0 aliphatic rings. The van der Waals surface area contributed by atoms with Gasteiger partial charge in [0.15, 0.2) is 0 Å². The maximum absolute atomic E-state index is 10.7. The summed E-state index contributed by atoms with van der Waals surface area (Å²) in [5.41, 5.74) is 0. The zero-order valence-electron chi connectivity index (χ0n) is 6.46. The molecule has 0 spiro atoms. The van der Waals surface area contributed by atoms with Crippen LogP contribution in [0.5, 0.6) is 0 Å². The summed E-state index contributed by atoms with van der Waals surface area (Å²) in [4.78, 5) is 39.2. The molecule has 3 unspecified atom stereocenters. The summed E-state index contributed by atoms with van der Waals surface area (Å²) in [6.07, 6.45) is 0. The summed E-state index contributed by atoms with van der Waals surface area (Å²) in [6, 6.07) is 0. The fraction of sp³-hybridized carbons (Fsp3) is 1.00. The highest BCUT2D eigenvalue weighted by molar-refractivity contribution is 8.07. The van der Waals surface area contributed by atoms with Gasteiger partial charge in [0.05, 0.1) is 0 Å². The fourth-order valence-electron chi connectivity index (χ4n) is 0.297. The maximum Gasteiger partial charge on any atom is 0.279 e. The average molecular weight is 285 g/mol. The normalized spacial score (nSPS) is 24.6. The first-order chi connectivity index (χ1) is 5.97. The van der Waals surface area contributed by atoms with Crippen LogP contribution in [0.15, 0.2) is 0 Å². The summed E-state index contributed by atoms with van der Waals surface area (Å²) in [5, 5.41) is 0. The molecule has 0 aliphatic carbocycles. The van der Waals surface area contributed by atoms with Crippen LogP contribution in [-0.4, -0.2) is 12.0 Å². The van der Waals surface area contributed by atoms with Crippen molar-refractivity contribution in [2.45, 2.75) is 0 Å². The van der Waals surface area contributed by atoms with E-state index < -0.39 is 22.4 Å². The molecule has 0 bridgehead atoms. The summed E-state index contributed by atoms with van der Waals surface area (Å²) >= 11 is 3.97. The van der Waals surface area contributed by atoms with E-state index in [1.54, 1.807) is 0 Å². The predicted molar refractivity (Wildman–Crippen MR) is 40.9 cm³/mol. The third kappa shape index (κ3) is 7.17. The molecule has 0 fully saturated rings. The summed E-state index contributed by atoms with van der Waals surface area (Å²) in [6.45, 7) is -4.37. The van der Waals surface area contributed by atoms with Crippen molar-refractivity contribution in [3.8, 4) is 0 Å². The van der Waals surface area contributed by atoms with Gasteiger partial charge < -0.3 is 24.1 Å². The van der Waals surface area contributed by atoms with Crippen LogP contribution in [0.3, 0.4) is 0 Å². The number of rotatable bonds is 5. The second-order valence-corrected chi connectivity index (χ2v) is 7.45. The Bertz CT molecular complexity index is 329. The van der Waals surface area contributed by atoms with Crippen molar-refractivity contribution in [2.24, 2.45) is 0 Å². The Morgan fingerprint density at radius 2 is 1.64 bits per heavy atom. The second kappa shape index (κ2) is 4.78. The fourth-order valence-corrected chi connectivity index (χ4v) is 3.68. The molecule has 9 nitrogen and oxygen atoms in total. The molecule has 0 saturated carbocycles. The van der Waals surface area contributed by atoms with Crippen molar-refractivity contribution in [3.05, 3.63) is 0 Å². The van der Waals surface area contributed by atoms with Crippen LogP contribution in [0.2, 0.25) is 0 Å². The van der Waals surface area contributed by atoms with Gasteiger partial charge in [0.25, 0.3) is 15.6 Å². The molecular weight excluding hydrogens is 281 g/mol. The van der Waals surface area contributed by atoms with E-state index in [0.717, 1.165) is 7.11 Å². The Morgan fingerprint density at radius 1 is 1.21 bits per heavy atom. The molecule has 0 heterocycles. The van der Waals surface area contributed by atoms with Gasteiger partial charge in [-0.1, -0.05) is 11.8 Å². The van der Waals surface area contributed by atoms with E-state index in [1.165, 1.54) is 0 Å². The van der Waals surface area contributed by atoms with Crippen LogP contribution < -0.4 is 14.7 Å². The van der Waals surface area contributed by atoms with Crippen molar-refractivity contribution in [1.82, 2.24) is 0 Å². The van der Waals surface area contributed by atoms with Gasteiger partial charge >= 0.3 is 0 Å². The minimum absolute atomic E-state index is 0.781. The molecule has 0 aromatic rings. The first-order valence-electron chi connectivity index (χ1n) is 2.62. The lowest BCUT2D eigenvalue weighted by molar-refractivity contribution is -0.243. The molecule has 13 heteroatoms. The largest absolute Gasteiger partial charge is 0.779 e. The molecule has 0 amide bonds.